The molecule has 0 saturated heterocycles. The minimum Gasteiger partial charge on any atom is -0.493 e. The van der Waals surface area contributed by atoms with Gasteiger partial charge in [-0.05, 0) is 62.4 Å². The topological polar surface area (TPSA) is 125 Å². The fraction of sp³-hybridized carbons (Fsp3) is 0.500. The van der Waals surface area contributed by atoms with Gasteiger partial charge in [-0.2, -0.15) is 0 Å². The molecular formula is C30H43N3O6. The lowest BCUT2D eigenvalue weighted by Gasteiger charge is -2.33. The number of aliphatic hydroxyl groups excluding tert-OH is 1. The Balaban J connectivity index is 0.000000343. The number of carbonyl (C=O) groups excluding carboxylic acids is 1. The number of aldehydes is 1. The number of carboxylic acid groups (broad SMARTS) is 1. The number of fused-ring (bicyclic) bond motifs is 3. The molecule has 39 heavy (non-hydrogen) atoms. The van der Waals surface area contributed by atoms with Gasteiger partial charge in [-0.15, -0.1) is 0 Å². The molecule has 1 fully saturated rings. The summed E-state index contributed by atoms with van der Waals surface area (Å²) >= 11 is 0. The van der Waals surface area contributed by atoms with E-state index in [-0.39, 0.29) is 6.47 Å². The Bertz CT molecular complexity index is 1170. The van der Waals surface area contributed by atoms with Gasteiger partial charge in [0.1, 0.15) is 12.1 Å². The third-order valence-corrected chi connectivity index (χ3v) is 7.30. The van der Waals surface area contributed by atoms with Gasteiger partial charge in [0, 0.05) is 43.8 Å². The van der Waals surface area contributed by atoms with E-state index in [0.29, 0.717) is 12.0 Å². The number of H-pyrrole nitrogens is 1. The standard InChI is InChI=1S/C21H25N3O2.C7H12O.CH2O2.CH4O/c1-13-5-7-15-17(24(13)2)9-8-16-21(15)23-20(22-16)12-14-6-10-18(25-3)19(11-14)26-4;8-6-7-4-2-1-3-5-7;2-1-3;1-2/h6,8-11,13H,5,7,12H2,1-4H3,(H,22,23);6-7H,1-5H2;1H,(H,2,3);2H,1H3. The summed E-state index contributed by atoms with van der Waals surface area (Å²) < 4.78 is 10.7. The monoisotopic (exact) mass is 541 g/mol. The highest BCUT2D eigenvalue weighted by atomic mass is 16.5. The van der Waals surface area contributed by atoms with Gasteiger partial charge >= 0.3 is 0 Å². The number of imidazole rings is 1. The van der Waals surface area contributed by atoms with Crippen LogP contribution in [-0.4, -0.2) is 67.4 Å². The van der Waals surface area contributed by atoms with E-state index in [1.807, 2.05) is 12.1 Å². The molecule has 2 aromatic carbocycles. The van der Waals surface area contributed by atoms with E-state index < -0.39 is 0 Å². The largest absolute Gasteiger partial charge is 0.493 e. The molecule has 9 nitrogen and oxygen atoms in total. The van der Waals surface area contributed by atoms with Crippen molar-refractivity contribution in [3.63, 3.8) is 0 Å². The molecule has 1 aliphatic carbocycles. The fourth-order valence-electron chi connectivity index (χ4n) is 5.07. The highest BCUT2D eigenvalue weighted by molar-refractivity contribution is 5.85. The SMILES string of the molecule is CO.COc1ccc(Cc2nc3c4c(ccc3[nH]2)N(C)C(C)CC4)cc1OC.O=CC1CCCCC1.O=CO. The number of aromatic nitrogens is 2. The number of rotatable bonds is 5. The minimum atomic E-state index is -0.250. The second-order valence-electron chi connectivity index (χ2n) is 9.65. The molecule has 1 unspecified atom stereocenters. The van der Waals surface area contributed by atoms with Crippen molar-refractivity contribution in [1.82, 2.24) is 9.97 Å². The summed E-state index contributed by atoms with van der Waals surface area (Å²) in [6, 6.07) is 10.9. The van der Waals surface area contributed by atoms with Gasteiger partial charge in [0.25, 0.3) is 6.47 Å². The maximum Gasteiger partial charge on any atom is 0.290 e. The zero-order valence-corrected chi connectivity index (χ0v) is 23.8. The van der Waals surface area contributed by atoms with Gasteiger partial charge in [-0.3, -0.25) is 4.79 Å². The molecule has 2 heterocycles. The van der Waals surface area contributed by atoms with E-state index in [0.717, 1.165) is 73.0 Å². The summed E-state index contributed by atoms with van der Waals surface area (Å²) in [6.45, 7) is 2.03. The van der Waals surface area contributed by atoms with Crippen LogP contribution in [0.5, 0.6) is 11.5 Å². The number of carbonyl (C=O) groups is 2. The number of methoxy groups -OCH3 is 2. The van der Waals surface area contributed by atoms with Crippen LogP contribution in [0.4, 0.5) is 5.69 Å². The van der Waals surface area contributed by atoms with Gasteiger partial charge < -0.3 is 34.4 Å². The lowest BCUT2D eigenvalue weighted by molar-refractivity contribution is -0.122. The van der Waals surface area contributed by atoms with Crippen LogP contribution in [0.25, 0.3) is 11.0 Å². The number of benzene rings is 2. The molecule has 1 saturated carbocycles. The molecule has 2 aliphatic rings. The molecule has 1 aromatic heterocycles. The lowest BCUT2D eigenvalue weighted by Crippen LogP contribution is -2.33. The highest BCUT2D eigenvalue weighted by Gasteiger charge is 2.23. The zero-order valence-electron chi connectivity index (χ0n) is 23.8. The molecular weight excluding hydrogens is 498 g/mol. The van der Waals surface area contributed by atoms with Gasteiger partial charge in [0.15, 0.2) is 11.5 Å². The molecule has 9 heteroatoms. The molecule has 0 spiro atoms. The normalized spacial score (nSPS) is 16.3. The number of aliphatic hydroxyl groups is 1. The van der Waals surface area contributed by atoms with Crippen LogP contribution in [0.2, 0.25) is 0 Å². The van der Waals surface area contributed by atoms with Gasteiger partial charge in [0.05, 0.1) is 25.3 Å². The first kappa shape index (κ1) is 31.6. The first-order valence-corrected chi connectivity index (χ1v) is 13.4. The molecule has 3 N–H and O–H groups in total. The van der Waals surface area contributed by atoms with Crippen LogP contribution in [0.15, 0.2) is 30.3 Å². The van der Waals surface area contributed by atoms with Gasteiger partial charge in [-0.1, -0.05) is 25.3 Å². The summed E-state index contributed by atoms with van der Waals surface area (Å²) in [5, 5.41) is 13.9. The third-order valence-electron chi connectivity index (χ3n) is 7.30. The quantitative estimate of drug-likeness (QED) is 0.385. The Morgan fingerprint density at radius 2 is 1.69 bits per heavy atom. The Hall–Kier alpha value is -3.59. The Kier molecular flexibility index (Phi) is 13.3. The number of nitrogens with zero attached hydrogens (tertiary/aromatic N) is 2. The van der Waals surface area contributed by atoms with Crippen molar-refractivity contribution in [2.24, 2.45) is 5.92 Å². The van der Waals surface area contributed by atoms with Crippen LogP contribution >= 0.6 is 0 Å². The Morgan fingerprint density at radius 3 is 2.28 bits per heavy atom. The van der Waals surface area contributed by atoms with Crippen molar-refractivity contribution in [2.45, 2.75) is 64.3 Å². The first-order chi connectivity index (χ1) is 18.9. The van der Waals surface area contributed by atoms with E-state index in [1.165, 1.54) is 36.9 Å². The van der Waals surface area contributed by atoms with Crippen LogP contribution in [0, 0.1) is 5.92 Å². The average Bonchev–Trinajstić information content (AvgIpc) is 3.40. The second kappa shape index (κ2) is 16.4. The molecule has 1 aliphatic heterocycles. The number of nitrogens with one attached hydrogen (secondary N) is 1. The summed E-state index contributed by atoms with van der Waals surface area (Å²) in [7, 11) is 6.48. The molecule has 214 valence electrons. The molecule has 1 atom stereocenters. The van der Waals surface area contributed by atoms with Crippen molar-refractivity contribution in [3.05, 3.63) is 47.3 Å². The van der Waals surface area contributed by atoms with Crippen molar-refractivity contribution >= 4 is 29.5 Å². The number of anilines is 1. The number of hydrogen-bond donors (Lipinski definition) is 3. The zero-order chi connectivity index (χ0) is 28.8. The Morgan fingerprint density at radius 1 is 1.03 bits per heavy atom. The van der Waals surface area contributed by atoms with Gasteiger partial charge in [-0.25, -0.2) is 4.98 Å². The summed E-state index contributed by atoms with van der Waals surface area (Å²) in [6.07, 6.45) is 10.2. The second-order valence-corrected chi connectivity index (χ2v) is 9.65. The van der Waals surface area contributed by atoms with E-state index in [1.54, 1.807) is 14.2 Å². The summed E-state index contributed by atoms with van der Waals surface area (Å²) in [5.74, 6) is 2.87. The van der Waals surface area contributed by atoms with Crippen LogP contribution in [-0.2, 0) is 22.4 Å². The van der Waals surface area contributed by atoms with Crippen molar-refractivity contribution in [1.29, 1.82) is 0 Å². The maximum absolute atomic E-state index is 10.2. The van der Waals surface area contributed by atoms with Gasteiger partial charge in [0.2, 0.25) is 0 Å². The Labute approximate surface area is 231 Å². The van der Waals surface area contributed by atoms with E-state index in [9.17, 15) is 4.79 Å². The lowest BCUT2D eigenvalue weighted by atomic mass is 9.91. The average molecular weight is 542 g/mol. The predicted octanol–water partition coefficient (Wildman–Crippen LogP) is 5.02. The minimum absolute atomic E-state index is 0.250. The molecule has 3 aromatic rings. The molecule has 0 radical (unpaired) electrons. The number of aromatic amines is 1. The summed E-state index contributed by atoms with van der Waals surface area (Å²) in [4.78, 5) is 29.3. The van der Waals surface area contributed by atoms with E-state index in [2.05, 4.69) is 42.1 Å². The number of ether oxygens (including phenoxy) is 2. The van der Waals surface area contributed by atoms with E-state index >= 15 is 0 Å². The molecule has 0 bridgehead atoms. The van der Waals surface area contributed by atoms with Crippen LogP contribution in [0.3, 0.4) is 0 Å². The third kappa shape index (κ3) is 8.45. The fourth-order valence-corrected chi connectivity index (χ4v) is 5.07. The number of aryl methyl sites for hydroxylation is 1. The first-order valence-electron chi connectivity index (χ1n) is 13.4. The van der Waals surface area contributed by atoms with Crippen molar-refractivity contribution in [3.8, 4) is 11.5 Å². The van der Waals surface area contributed by atoms with E-state index in [4.69, 9.17) is 29.5 Å². The van der Waals surface area contributed by atoms with Crippen molar-refractivity contribution in [2.75, 3.05) is 33.3 Å². The smallest absolute Gasteiger partial charge is 0.290 e. The van der Waals surface area contributed by atoms with Crippen molar-refractivity contribution < 1.29 is 29.3 Å². The van der Waals surface area contributed by atoms with Crippen LogP contribution in [0.1, 0.15) is 62.4 Å². The number of hydrogen-bond acceptors (Lipinski definition) is 7. The summed E-state index contributed by atoms with van der Waals surface area (Å²) in [5.41, 5.74) is 6.03. The van der Waals surface area contributed by atoms with Crippen LogP contribution < -0.4 is 14.4 Å². The molecule has 0 amide bonds. The highest BCUT2D eigenvalue weighted by Crippen LogP contribution is 2.34. The molecule has 5 rings (SSSR count). The predicted molar refractivity (Wildman–Crippen MR) is 154 cm³/mol. The maximum atomic E-state index is 10.2.